The molecule has 2 aromatic carbocycles. The Morgan fingerprint density at radius 1 is 1.07 bits per heavy atom. The van der Waals surface area contributed by atoms with Gasteiger partial charge in [-0.3, -0.25) is 9.52 Å². The number of hydrogen-bond acceptors (Lipinski definition) is 3. The van der Waals surface area contributed by atoms with Crippen molar-refractivity contribution in [1.82, 2.24) is 5.32 Å². The third kappa shape index (κ3) is 5.02. The SMILES string of the molecule is C[C@@H](NC(=O)c1ccc(NS(C)(=O)=O)cc1Cl)c1ccc2c(c1)CCCC2. The van der Waals surface area contributed by atoms with E-state index in [1.54, 1.807) is 0 Å². The predicted molar refractivity (Wildman–Crippen MR) is 109 cm³/mol. The van der Waals surface area contributed by atoms with E-state index in [1.165, 1.54) is 42.2 Å². The van der Waals surface area contributed by atoms with E-state index in [-0.39, 0.29) is 17.0 Å². The fourth-order valence-corrected chi connectivity index (χ4v) is 4.18. The maximum atomic E-state index is 12.6. The topological polar surface area (TPSA) is 75.3 Å². The first kappa shape index (κ1) is 19.7. The lowest BCUT2D eigenvalue weighted by Gasteiger charge is -2.20. The molecule has 27 heavy (non-hydrogen) atoms. The predicted octanol–water partition coefficient (Wildman–Crippen LogP) is 4.08. The molecule has 0 spiro atoms. The first-order valence-electron chi connectivity index (χ1n) is 8.93. The van der Waals surface area contributed by atoms with Crippen LogP contribution in [-0.4, -0.2) is 20.6 Å². The van der Waals surface area contributed by atoms with Crippen molar-refractivity contribution in [2.75, 3.05) is 11.0 Å². The summed E-state index contributed by atoms with van der Waals surface area (Å²) in [5.41, 5.74) is 4.47. The molecule has 0 bridgehead atoms. The Kier molecular flexibility index (Phi) is 5.77. The molecule has 2 N–H and O–H groups in total. The molecule has 144 valence electrons. The summed E-state index contributed by atoms with van der Waals surface area (Å²) in [4.78, 5) is 12.6. The number of amides is 1. The molecule has 0 aromatic heterocycles. The minimum atomic E-state index is -3.40. The van der Waals surface area contributed by atoms with Gasteiger partial charge in [0.15, 0.2) is 0 Å². The molecule has 0 aliphatic heterocycles. The molecule has 0 heterocycles. The van der Waals surface area contributed by atoms with Gasteiger partial charge >= 0.3 is 0 Å². The Morgan fingerprint density at radius 2 is 1.78 bits per heavy atom. The summed E-state index contributed by atoms with van der Waals surface area (Å²) in [5.74, 6) is -0.295. The van der Waals surface area contributed by atoms with Gasteiger partial charge in [-0.05, 0) is 67.5 Å². The summed E-state index contributed by atoms with van der Waals surface area (Å²) in [6.07, 6.45) is 5.72. The summed E-state index contributed by atoms with van der Waals surface area (Å²) in [5, 5.41) is 3.16. The van der Waals surface area contributed by atoms with E-state index in [1.807, 2.05) is 6.92 Å². The van der Waals surface area contributed by atoms with Gasteiger partial charge in [0, 0.05) is 5.69 Å². The number of anilines is 1. The van der Waals surface area contributed by atoms with Crippen molar-refractivity contribution in [2.45, 2.75) is 38.6 Å². The molecule has 0 fully saturated rings. The van der Waals surface area contributed by atoms with Crippen molar-refractivity contribution >= 4 is 33.2 Å². The van der Waals surface area contributed by atoms with Crippen molar-refractivity contribution < 1.29 is 13.2 Å². The number of carbonyl (C=O) groups excluding carboxylic acids is 1. The Balaban J connectivity index is 1.73. The number of sulfonamides is 1. The lowest BCUT2D eigenvalue weighted by Crippen LogP contribution is -2.27. The monoisotopic (exact) mass is 406 g/mol. The van der Waals surface area contributed by atoms with Crippen LogP contribution in [0, 0.1) is 0 Å². The van der Waals surface area contributed by atoms with Crippen LogP contribution in [-0.2, 0) is 22.9 Å². The number of hydrogen-bond donors (Lipinski definition) is 2. The lowest BCUT2D eigenvalue weighted by molar-refractivity contribution is 0.0940. The van der Waals surface area contributed by atoms with E-state index in [0.717, 1.165) is 24.7 Å². The number of rotatable bonds is 5. The van der Waals surface area contributed by atoms with Crippen molar-refractivity contribution in [3.05, 3.63) is 63.7 Å². The fraction of sp³-hybridized carbons (Fsp3) is 0.350. The molecule has 7 heteroatoms. The van der Waals surface area contributed by atoms with Gasteiger partial charge in [-0.25, -0.2) is 8.42 Å². The van der Waals surface area contributed by atoms with Gasteiger partial charge in [0.2, 0.25) is 10.0 Å². The molecule has 1 atom stereocenters. The summed E-state index contributed by atoms with van der Waals surface area (Å²) in [7, 11) is -3.40. The van der Waals surface area contributed by atoms with Crippen LogP contribution in [0.15, 0.2) is 36.4 Å². The number of aryl methyl sites for hydroxylation is 2. The summed E-state index contributed by atoms with van der Waals surface area (Å²) in [6.45, 7) is 1.94. The van der Waals surface area contributed by atoms with Gasteiger partial charge in [0.25, 0.3) is 5.91 Å². The Morgan fingerprint density at radius 3 is 2.44 bits per heavy atom. The standard InChI is InChI=1S/C20H23ClN2O3S/c1-13(15-8-7-14-5-3-4-6-16(14)11-15)22-20(24)18-10-9-17(12-19(18)21)23-27(2,25)26/h7-13,23H,3-6H2,1-2H3,(H,22,24)/t13-/m1/s1. The second kappa shape index (κ2) is 7.90. The molecule has 0 radical (unpaired) electrons. The molecule has 2 aromatic rings. The number of nitrogens with one attached hydrogen (secondary N) is 2. The minimum absolute atomic E-state index is 0.158. The van der Waals surface area contributed by atoms with Crippen LogP contribution in [0.1, 0.15) is 52.9 Å². The molecule has 0 saturated carbocycles. The Labute approximate surface area is 165 Å². The van der Waals surface area contributed by atoms with Gasteiger partial charge in [-0.2, -0.15) is 0 Å². The van der Waals surface area contributed by atoms with Crippen LogP contribution in [0.2, 0.25) is 5.02 Å². The molecular formula is C20H23ClN2O3S. The number of fused-ring (bicyclic) bond motifs is 1. The van der Waals surface area contributed by atoms with Crippen LogP contribution in [0.4, 0.5) is 5.69 Å². The van der Waals surface area contributed by atoms with Crippen LogP contribution < -0.4 is 10.0 Å². The van der Waals surface area contributed by atoms with Crippen molar-refractivity contribution in [1.29, 1.82) is 0 Å². The highest BCUT2D eigenvalue weighted by atomic mass is 35.5. The Bertz CT molecular complexity index is 973. The zero-order chi connectivity index (χ0) is 19.6. The minimum Gasteiger partial charge on any atom is -0.345 e. The molecule has 1 aliphatic rings. The van der Waals surface area contributed by atoms with Crippen LogP contribution >= 0.6 is 11.6 Å². The van der Waals surface area contributed by atoms with Gasteiger partial charge in [-0.15, -0.1) is 0 Å². The normalized spacial score (nSPS) is 14.9. The van der Waals surface area contributed by atoms with Crippen molar-refractivity contribution in [3.63, 3.8) is 0 Å². The second-order valence-corrected chi connectivity index (χ2v) is 9.15. The van der Waals surface area contributed by atoms with Gasteiger partial charge in [-0.1, -0.05) is 29.8 Å². The highest BCUT2D eigenvalue weighted by Gasteiger charge is 2.17. The Hall–Kier alpha value is -2.05. The molecule has 3 rings (SSSR count). The molecule has 0 unspecified atom stereocenters. The molecule has 0 saturated heterocycles. The highest BCUT2D eigenvalue weighted by Crippen LogP contribution is 2.26. The van der Waals surface area contributed by atoms with Crippen LogP contribution in [0.3, 0.4) is 0 Å². The largest absolute Gasteiger partial charge is 0.345 e. The zero-order valence-electron chi connectivity index (χ0n) is 15.4. The van der Waals surface area contributed by atoms with E-state index in [0.29, 0.717) is 11.3 Å². The smallest absolute Gasteiger partial charge is 0.253 e. The third-order valence-electron chi connectivity index (χ3n) is 4.74. The van der Waals surface area contributed by atoms with Gasteiger partial charge in [0.05, 0.1) is 22.9 Å². The molecule has 1 aliphatic carbocycles. The van der Waals surface area contributed by atoms with Crippen LogP contribution in [0.5, 0.6) is 0 Å². The average Bonchev–Trinajstić information content (AvgIpc) is 2.59. The first-order valence-corrected chi connectivity index (χ1v) is 11.2. The van der Waals surface area contributed by atoms with Gasteiger partial charge < -0.3 is 5.32 Å². The van der Waals surface area contributed by atoms with E-state index >= 15 is 0 Å². The maximum Gasteiger partial charge on any atom is 0.253 e. The summed E-state index contributed by atoms with van der Waals surface area (Å²) < 4.78 is 24.9. The molecular weight excluding hydrogens is 384 g/mol. The zero-order valence-corrected chi connectivity index (χ0v) is 17.0. The van der Waals surface area contributed by atoms with Gasteiger partial charge in [0.1, 0.15) is 0 Å². The second-order valence-electron chi connectivity index (χ2n) is 7.00. The summed E-state index contributed by atoms with van der Waals surface area (Å²) in [6, 6.07) is 10.7. The van der Waals surface area contributed by atoms with Crippen molar-refractivity contribution in [3.8, 4) is 0 Å². The van der Waals surface area contributed by atoms with E-state index in [4.69, 9.17) is 11.6 Å². The van der Waals surface area contributed by atoms with E-state index < -0.39 is 10.0 Å². The van der Waals surface area contributed by atoms with Crippen LogP contribution in [0.25, 0.3) is 0 Å². The number of carbonyl (C=O) groups is 1. The maximum absolute atomic E-state index is 12.6. The average molecular weight is 407 g/mol. The van der Waals surface area contributed by atoms with E-state index in [9.17, 15) is 13.2 Å². The molecule has 5 nitrogen and oxygen atoms in total. The quantitative estimate of drug-likeness (QED) is 0.785. The lowest BCUT2D eigenvalue weighted by atomic mass is 9.89. The fourth-order valence-electron chi connectivity index (χ4n) is 3.36. The molecule has 1 amide bonds. The third-order valence-corrected chi connectivity index (χ3v) is 5.66. The summed E-state index contributed by atoms with van der Waals surface area (Å²) >= 11 is 6.18. The number of halogens is 1. The highest BCUT2D eigenvalue weighted by molar-refractivity contribution is 7.92. The van der Waals surface area contributed by atoms with E-state index in [2.05, 4.69) is 28.2 Å². The first-order chi connectivity index (χ1) is 12.7. The number of benzene rings is 2. The van der Waals surface area contributed by atoms with Crippen molar-refractivity contribution in [2.24, 2.45) is 0 Å².